The standard InChI is InChI=1S/C26H28N4O3Si/c1-34(2,3)13-12-33-17-29-16-28-21-9-8-18(14-22(21)29)23(26(15-27)10-11-26)30-24(31)19-6-4-5-7-20(19)25(30)32/h4-9,14,16,23H,10-13,17H2,1-3H3. The average molecular weight is 473 g/mol. The topological polar surface area (TPSA) is 88.2 Å². The molecular formula is C26H28N4O3Si. The van der Waals surface area contributed by atoms with E-state index in [4.69, 9.17) is 4.74 Å². The maximum Gasteiger partial charge on any atom is 0.262 e. The summed E-state index contributed by atoms with van der Waals surface area (Å²) >= 11 is 0. The Balaban J connectivity index is 1.49. The molecule has 0 spiro atoms. The average Bonchev–Trinajstić information content (AvgIpc) is 3.44. The first-order valence-corrected chi connectivity index (χ1v) is 15.4. The molecule has 2 aromatic carbocycles. The zero-order valence-electron chi connectivity index (χ0n) is 19.7. The van der Waals surface area contributed by atoms with Crippen molar-refractivity contribution in [2.24, 2.45) is 5.41 Å². The van der Waals surface area contributed by atoms with E-state index in [1.54, 1.807) is 30.6 Å². The first-order valence-electron chi connectivity index (χ1n) is 11.6. The second-order valence-corrected chi connectivity index (χ2v) is 16.1. The highest BCUT2D eigenvalue weighted by Gasteiger charge is 2.57. The van der Waals surface area contributed by atoms with Gasteiger partial charge in [0.05, 0.1) is 46.0 Å². The molecule has 1 fully saturated rings. The number of imide groups is 1. The Morgan fingerprint density at radius 2 is 1.79 bits per heavy atom. The van der Waals surface area contributed by atoms with Crippen molar-refractivity contribution >= 4 is 30.9 Å². The number of fused-ring (bicyclic) bond motifs is 2. The Bertz CT molecular complexity index is 1290. The molecule has 1 atom stereocenters. The predicted molar refractivity (Wildman–Crippen MR) is 131 cm³/mol. The molecule has 1 aliphatic carbocycles. The maximum absolute atomic E-state index is 13.3. The molecule has 5 rings (SSSR count). The number of nitrogens with zero attached hydrogens (tertiary/aromatic N) is 4. The van der Waals surface area contributed by atoms with Crippen LogP contribution in [-0.2, 0) is 11.5 Å². The number of hydrogen-bond acceptors (Lipinski definition) is 5. The molecule has 2 heterocycles. The lowest BCUT2D eigenvalue weighted by atomic mass is 9.89. The van der Waals surface area contributed by atoms with Gasteiger partial charge in [-0.25, -0.2) is 4.98 Å². The fourth-order valence-electron chi connectivity index (χ4n) is 4.63. The number of ether oxygens (including phenoxy) is 1. The highest BCUT2D eigenvalue weighted by atomic mass is 28.3. The van der Waals surface area contributed by atoms with Gasteiger partial charge >= 0.3 is 0 Å². The summed E-state index contributed by atoms with van der Waals surface area (Å²) < 4.78 is 7.87. The zero-order valence-corrected chi connectivity index (χ0v) is 20.7. The van der Waals surface area contributed by atoms with Crippen LogP contribution < -0.4 is 0 Å². The highest BCUT2D eigenvalue weighted by Crippen LogP contribution is 2.58. The number of amides is 2. The Kier molecular flexibility index (Phi) is 5.42. The summed E-state index contributed by atoms with van der Waals surface area (Å²) in [5.41, 5.74) is 2.47. The van der Waals surface area contributed by atoms with Crippen molar-refractivity contribution in [2.45, 2.75) is 51.3 Å². The summed E-state index contributed by atoms with van der Waals surface area (Å²) in [6.45, 7) is 8.03. The molecule has 0 N–H and O–H groups in total. The van der Waals surface area contributed by atoms with E-state index < -0.39 is 19.5 Å². The van der Waals surface area contributed by atoms with E-state index in [1.807, 2.05) is 22.8 Å². The van der Waals surface area contributed by atoms with Crippen LogP contribution in [0.25, 0.3) is 11.0 Å². The monoisotopic (exact) mass is 472 g/mol. The number of carbonyl (C=O) groups excluding carboxylic acids is 2. The molecular weight excluding hydrogens is 444 g/mol. The molecule has 1 aliphatic heterocycles. The van der Waals surface area contributed by atoms with Crippen molar-refractivity contribution in [2.75, 3.05) is 6.61 Å². The minimum Gasteiger partial charge on any atom is -0.361 e. The van der Waals surface area contributed by atoms with Crippen molar-refractivity contribution in [3.05, 3.63) is 65.5 Å². The van der Waals surface area contributed by atoms with E-state index >= 15 is 0 Å². The number of imidazole rings is 1. The van der Waals surface area contributed by atoms with E-state index in [-0.39, 0.29) is 11.8 Å². The van der Waals surface area contributed by atoms with Crippen LogP contribution in [-0.4, -0.2) is 40.9 Å². The van der Waals surface area contributed by atoms with Crippen LogP contribution >= 0.6 is 0 Å². The van der Waals surface area contributed by atoms with Crippen LogP contribution in [0.5, 0.6) is 0 Å². The summed E-state index contributed by atoms with van der Waals surface area (Å²) in [6, 6.07) is 15.4. The first kappa shape index (κ1) is 22.5. The molecule has 34 heavy (non-hydrogen) atoms. The third-order valence-electron chi connectivity index (χ3n) is 6.81. The molecule has 0 bridgehead atoms. The molecule has 0 saturated heterocycles. The maximum atomic E-state index is 13.3. The van der Waals surface area contributed by atoms with Gasteiger partial charge in [-0.3, -0.25) is 14.5 Å². The molecule has 174 valence electrons. The third-order valence-corrected chi connectivity index (χ3v) is 8.51. The van der Waals surface area contributed by atoms with Crippen molar-refractivity contribution in [1.82, 2.24) is 14.5 Å². The van der Waals surface area contributed by atoms with Gasteiger partial charge in [0, 0.05) is 14.7 Å². The van der Waals surface area contributed by atoms with Gasteiger partial charge in [-0.15, -0.1) is 0 Å². The van der Waals surface area contributed by atoms with Crippen LogP contribution in [0.3, 0.4) is 0 Å². The Morgan fingerprint density at radius 1 is 1.12 bits per heavy atom. The van der Waals surface area contributed by atoms with Crippen LogP contribution in [0.15, 0.2) is 48.8 Å². The van der Waals surface area contributed by atoms with Gasteiger partial charge < -0.3 is 9.30 Å². The van der Waals surface area contributed by atoms with Crippen molar-refractivity contribution in [3.63, 3.8) is 0 Å². The molecule has 7 nitrogen and oxygen atoms in total. The molecule has 1 aromatic heterocycles. The van der Waals surface area contributed by atoms with Crippen LogP contribution in [0.4, 0.5) is 0 Å². The number of rotatable bonds is 8. The van der Waals surface area contributed by atoms with E-state index in [2.05, 4.69) is 30.7 Å². The summed E-state index contributed by atoms with van der Waals surface area (Å²) in [7, 11) is -1.18. The molecule has 8 heteroatoms. The minimum absolute atomic E-state index is 0.338. The minimum atomic E-state index is -1.18. The molecule has 2 amide bonds. The summed E-state index contributed by atoms with van der Waals surface area (Å²) in [6.07, 6.45) is 3.05. The number of nitriles is 1. The molecule has 0 radical (unpaired) electrons. The van der Waals surface area contributed by atoms with Gasteiger partial charge in [-0.1, -0.05) is 37.8 Å². The smallest absolute Gasteiger partial charge is 0.262 e. The van der Waals surface area contributed by atoms with E-state index in [9.17, 15) is 14.9 Å². The lowest BCUT2D eigenvalue weighted by Crippen LogP contribution is -2.38. The Hall–Kier alpha value is -3.28. The van der Waals surface area contributed by atoms with Gasteiger partial charge in [0.1, 0.15) is 6.73 Å². The lowest BCUT2D eigenvalue weighted by molar-refractivity contribution is 0.0533. The summed E-state index contributed by atoms with van der Waals surface area (Å²) in [5.74, 6) is -0.675. The van der Waals surface area contributed by atoms with Crippen LogP contribution in [0.1, 0.15) is 45.2 Å². The first-order chi connectivity index (χ1) is 16.2. The van der Waals surface area contributed by atoms with Crippen LogP contribution in [0, 0.1) is 16.7 Å². The third kappa shape index (κ3) is 3.85. The fourth-order valence-corrected chi connectivity index (χ4v) is 5.38. The highest BCUT2D eigenvalue weighted by molar-refractivity contribution is 6.76. The second-order valence-electron chi connectivity index (χ2n) is 10.5. The van der Waals surface area contributed by atoms with Gasteiger partial charge in [0.15, 0.2) is 0 Å². The quantitative estimate of drug-likeness (QED) is 0.262. The number of hydrogen-bond donors (Lipinski definition) is 0. The molecule has 2 aliphatic rings. The van der Waals surface area contributed by atoms with Gasteiger partial charge in [-0.2, -0.15) is 5.26 Å². The van der Waals surface area contributed by atoms with E-state index in [0.717, 1.165) is 22.6 Å². The van der Waals surface area contributed by atoms with E-state index in [0.29, 0.717) is 37.3 Å². The predicted octanol–water partition coefficient (Wildman–Crippen LogP) is 4.99. The zero-order chi connectivity index (χ0) is 24.1. The van der Waals surface area contributed by atoms with Crippen molar-refractivity contribution < 1.29 is 14.3 Å². The molecule has 1 saturated carbocycles. The lowest BCUT2D eigenvalue weighted by Gasteiger charge is -2.30. The largest absolute Gasteiger partial charge is 0.361 e. The fraction of sp³-hybridized carbons (Fsp3) is 0.385. The van der Waals surface area contributed by atoms with E-state index in [1.165, 1.54) is 4.90 Å². The number of carbonyl (C=O) groups is 2. The summed E-state index contributed by atoms with van der Waals surface area (Å²) in [5, 5.41) is 10.0. The molecule has 1 unspecified atom stereocenters. The van der Waals surface area contributed by atoms with Crippen molar-refractivity contribution in [1.29, 1.82) is 5.26 Å². The molecule has 3 aromatic rings. The van der Waals surface area contributed by atoms with Crippen molar-refractivity contribution in [3.8, 4) is 6.07 Å². The number of benzene rings is 2. The Morgan fingerprint density at radius 3 is 2.38 bits per heavy atom. The second kappa shape index (κ2) is 8.19. The number of aromatic nitrogens is 2. The Labute approximate surface area is 200 Å². The van der Waals surface area contributed by atoms with Gasteiger partial charge in [-0.05, 0) is 48.7 Å². The summed E-state index contributed by atoms with van der Waals surface area (Å²) in [4.78, 5) is 32.4. The van der Waals surface area contributed by atoms with Gasteiger partial charge in [0.2, 0.25) is 0 Å². The van der Waals surface area contributed by atoms with Gasteiger partial charge in [0.25, 0.3) is 11.8 Å². The van der Waals surface area contributed by atoms with Crippen LogP contribution in [0.2, 0.25) is 25.7 Å². The normalized spacial score (nSPS) is 17.6. The SMILES string of the molecule is C[Si](C)(C)CCOCn1cnc2ccc(C(N3C(=O)c4ccccc4C3=O)C3(C#N)CC3)cc21.